The summed E-state index contributed by atoms with van der Waals surface area (Å²) in [6.45, 7) is 2.17. The Morgan fingerprint density at radius 1 is 1.00 bits per heavy atom. The van der Waals surface area contributed by atoms with Crippen molar-refractivity contribution in [3.8, 4) is 0 Å². The van der Waals surface area contributed by atoms with Crippen LogP contribution in [0.3, 0.4) is 0 Å². The van der Waals surface area contributed by atoms with Gasteiger partial charge in [0.1, 0.15) is 0 Å². The number of likely N-dealkylation sites (tertiary alicyclic amines) is 1. The van der Waals surface area contributed by atoms with Gasteiger partial charge in [0, 0.05) is 31.2 Å². The lowest BCUT2D eigenvalue weighted by Crippen LogP contribution is -2.49. The Balaban J connectivity index is 1.40. The van der Waals surface area contributed by atoms with Crippen LogP contribution in [0.1, 0.15) is 34.9 Å². The van der Waals surface area contributed by atoms with Gasteiger partial charge in [0.2, 0.25) is 0 Å². The highest BCUT2D eigenvalue weighted by Crippen LogP contribution is 2.17. The molecular formula is C21H25N3O3. The number of carbonyl (C=O) groups is 2. The number of nitrogens with one attached hydrogen (secondary N) is 2. The fourth-order valence-electron chi connectivity index (χ4n) is 3.27. The molecule has 3 amide bonds. The molecule has 1 heterocycles. The molecule has 1 aliphatic rings. The van der Waals surface area contributed by atoms with Crippen molar-refractivity contribution >= 4 is 11.9 Å². The van der Waals surface area contributed by atoms with Crippen molar-refractivity contribution in [1.29, 1.82) is 0 Å². The van der Waals surface area contributed by atoms with Gasteiger partial charge in [-0.3, -0.25) is 10.1 Å². The topological polar surface area (TPSA) is 81.7 Å². The molecule has 1 aliphatic heterocycles. The zero-order valence-electron chi connectivity index (χ0n) is 15.2. The summed E-state index contributed by atoms with van der Waals surface area (Å²) in [5.74, 6) is -0.406. The second-order valence-corrected chi connectivity index (χ2v) is 6.79. The maximum absolute atomic E-state index is 12.0. The molecule has 142 valence electrons. The summed E-state index contributed by atoms with van der Waals surface area (Å²) in [5.41, 5.74) is 1.37. The maximum atomic E-state index is 12.0. The summed E-state index contributed by atoms with van der Waals surface area (Å²) >= 11 is 0. The molecule has 2 aromatic rings. The molecule has 1 atom stereocenters. The molecule has 27 heavy (non-hydrogen) atoms. The quantitative estimate of drug-likeness (QED) is 0.758. The van der Waals surface area contributed by atoms with Gasteiger partial charge in [0.05, 0.1) is 6.10 Å². The lowest BCUT2D eigenvalue weighted by atomic mass is 10.0. The zero-order chi connectivity index (χ0) is 19.1. The Labute approximate surface area is 159 Å². The van der Waals surface area contributed by atoms with Crippen molar-refractivity contribution < 1.29 is 14.7 Å². The number of carbonyl (C=O) groups excluding carboxylic acids is 2. The van der Waals surface area contributed by atoms with Gasteiger partial charge in [0.25, 0.3) is 5.91 Å². The minimum atomic E-state index is -0.512. The number of hydrogen-bond acceptors (Lipinski definition) is 4. The van der Waals surface area contributed by atoms with Crippen molar-refractivity contribution in [2.45, 2.75) is 25.0 Å². The first-order chi connectivity index (χ1) is 13.1. The van der Waals surface area contributed by atoms with Gasteiger partial charge in [-0.05, 0) is 30.5 Å². The summed E-state index contributed by atoms with van der Waals surface area (Å²) in [6, 6.07) is 17.8. The van der Waals surface area contributed by atoms with Crippen LogP contribution in [-0.2, 0) is 0 Å². The Hall–Kier alpha value is -2.70. The number of amides is 3. The van der Waals surface area contributed by atoms with Crippen LogP contribution in [0.4, 0.5) is 4.79 Å². The first kappa shape index (κ1) is 19.1. The van der Waals surface area contributed by atoms with E-state index >= 15 is 0 Å². The second-order valence-electron chi connectivity index (χ2n) is 6.79. The minimum absolute atomic E-state index is 0.0266. The number of β-amino-alcohol motifs (C(OH)–C–C–N with tert-alkyl or cyclic N) is 1. The molecule has 6 heteroatoms. The highest BCUT2D eigenvalue weighted by atomic mass is 16.3. The zero-order valence-corrected chi connectivity index (χ0v) is 15.2. The van der Waals surface area contributed by atoms with Crippen molar-refractivity contribution in [3.05, 3.63) is 71.8 Å². The number of aliphatic hydroxyl groups is 1. The predicted octanol–water partition coefficient (Wildman–Crippen LogP) is 2.32. The van der Waals surface area contributed by atoms with E-state index < -0.39 is 18.0 Å². The molecular weight excluding hydrogens is 342 g/mol. The van der Waals surface area contributed by atoms with Crippen LogP contribution < -0.4 is 10.6 Å². The molecule has 0 aromatic heterocycles. The van der Waals surface area contributed by atoms with E-state index in [2.05, 4.69) is 15.5 Å². The largest absolute Gasteiger partial charge is 0.387 e. The van der Waals surface area contributed by atoms with Gasteiger partial charge in [-0.2, -0.15) is 0 Å². The van der Waals surface area contributed by atoms with Gasteiger partial charge < -0.3 is 15.3 Å². The Morgan fingerprint density at radius 3 is 2.22 bits per heavy atom. The van der Waals surface area contributed by atoms with E-state index in [0.717, 1.165) is 31.5 Å². The smallest absolute Gasteiger partial charge is 0.321 e. The van der Waals surface area contributed by atoms with Gasteiger partial charge in [-0.1, -0.05) is 48.5 Å². The van der Waals surface area contributed by atoms with Crippen LogP contribution in [-0.4, -0.2) is 47.6 Å². The van der Waals surface area contributed by atoms with Crippen LogP contribution in [0.25, 0.3) is 0 Å². The number of benzene rings is 2. The number of rotatable bonds is 5. The van der Waals surface area contributed by atoms with E-state index in [0.29, 0.717) is 12.1 Å². The van der Waals surface area contributed by atoms with Gasteiger partial charge in [-0.25, -0.2) is 4.79 Å². The Kier molecular flexibility index (Phi) is 6.57. The van der Waals surface area contributed by atoms with E-state index in [4.69, 9.17) is 0 Å². The molecule has 3 N–H and O–H groups in total. The second kappa shape index (κ2) is 9.30. The van der Waals surface area contributed by atoms with E-state index in [1.807, 2.05) is 36.4 Å². The normalized spacial score (nSPS) is 16.5. The van der Waals surface area contributed by atoms with E-state index in [-0.39, 0.29) is 6.04 Å². The third-order valence-corrected chi connectivity index (χ3v) is 4.80. The number of nitrogens with zero attached hydrogens (tertiary/aromatic N) is 1. The first-order valence-electron chi connectivity index (χ1n) is 9.24. The predicted molar refractivity (Wildman–Crippen MR) is 103 cm³/mol. The molecule has 2 aromatic carbocycles. The third-order valence-electron chi connectivity index (χ3n) is 4.80. The molecule has 3 rings (SSSR count). The van der Waals surface area contributed by atoms with Crippen molar-refractivity contribution in [2.75, 3.05) is 19.6 Å². The molecule has 0 saturated carbocycles. The van der Waals surface area contributed by atoms with E-state index in [9.17, 15) is 14.7 Å². The maximum Gasteiger partial charge on any atom is 0.321 e. The van der Waals surface area contributed by atoms with E-state index in [1.54, 1.807) is 24.3 Å². The van der Waals surface area contributed by atoms with Crippen LogP contribution in [0, 0.1) is 0 Å². The molecule has 0 aliphatic carbocycles. The molecule has 0 bridgehead atoms. The Morgan fingerprint density at radius 2 is 1.59 bits per heavy atom. The summed E-state index contributed by atoms with van der Waals surface area (Å²) in [5, 5.41) is 15.6. The van der Waals surface area contributed by atoms with Crippen molar-refractivity contribution in [1.82, 2.24) is 15.5 Å². The van der Waals surface area contributed by atoms with Gasteiger partial charge >= 0.3 is 6.03 Å². The number of urea groups is 1. The number of aliphatic hydroxyl groups excluding tert-OH is 1. The van der Waals surface area contributed by atoms with Crippen LogP contribution in [0.2, 0.25) is 0 Å². The Bertz CT molecular complexity index is 744. The highest BCUT2D eigenvalue weighted by molar-refractivity contribution is 6.04. The molecule has 0 radical (unpaired) electrons. The molecule has 0 spiro atoms. The van der Waals surface area contributed by atoms with Crippen LogP contribution in [0.15, 0.2) is 60.7 Å². The minimum Gasteiger partial charge on any atom is -0.387 e. The van der Waals surface area contributed by atoms with Crippen LogP contribution in [0.5, 0.6) is 0 Å². The lowest BCUT2D eigenvalue weighted by molar-refractivity contribution is 0.0926. The first-order valence-corrected chi connectivity index (χ1v) is 9.24. The van der Waals surface area contributed by atoms with Gasteiger partial charge in [0.15, 0.2) is 0 Å². The molecule has 1 saturated heterocycles. The summed E-state index contributed by atoms with van der Waals surface area (Å²) in [6.07, 6.45) is 1.06. The summed E-state index contributed by atoms with van der Waals surface area (Å²) in [4.78, 5) is 26.2. The lowest BCUT2D eigenvalue weighted by Gasteiger charge is -2.33. The fraction of sp³-hybridized carbons (Fsp3) is 0.333. The van der Waals surface area contributed by atoms with Crippen molar-refractivity contribution in [3.63, 3.8) is 0 Å². The summed E-state index contributed by atoms with van der Waals surface area (Å²) < 4.78 is 0. The van der Waals surface area contributed by atoms with Crippen molar-refractivity contribution in [2.24, 2.45) is 0 Å². The molecule has 1 fully saturated rings. The number of piperidine rings is 1. The molecule has 6 nitrogen and oxygen atoms in total. The van der Waals surface area contributed by atoms with Gasteiger partial charge in [-0.15, -0.1) is 0 Å². The monoisotopic (exact) mass is 367 g/mol. The standard InChI is InChI=1S/C21H25N3O3/c25-19(16-7-3-1-4-8-16)15-24-13-11-18(12-14-24)22-21(27)23-20(26)17-9-5-2-6-10-17/h1-10,18-19,25H,11-15H2,(H2,22,23,26,27). The van der Waals surface area contributed by atoms with E-state index in [1.165, 1.54) is 0 Å². The third kappa shape index (κ3) is 5.64. The average Bonchev–Trinajstić information content (AvgIpc) is 2.70. The molecule has 1 unspecified atom stereocenters. The number of hydrogen-bond donors (Lipinski definition) is 3. The summed E-state index contributed by atoms with van der Waals surface area (Å²) in [7, 11) is 0. The fourth-order valence-corrected chi connectivity index (χ4v) is 3.27. The average molecular weight is 367 g/mol. The highest BCUT2D eigenvalue weighted by Gasteiger charge is 2.23. The number of imide groups is 1. The van der Waals surface area contributed by atoms with Crippen LogP contribution >= 0.6 is 0 Å². The SMILES string of the molecule is O=C(NC(=O)c1ccccc1)NC1CCN(CC(O)c2ccccc2)CC1.